The molecule has 4 atom stereocenters. The number of carbonyl (C=O) groups excluding carboxylic acids is 2. The summed E-state index contributed by atoms with van der Waals surface area (Å²) in [6.07, 6.45) is 3.95. The fourth-order valence-electron chi connectivity index (χ4n) is 4.57. The third kappa shape index (κ3) is 2.01. The zero-order valence-corrected chi connectivity index (χ0v) is 14.3. The third-order valence-electron chi connectivity index (χ3n) is 5.85. The van der Waals surface area contributed by atoms with E-state index in [1.807, 2.05) is 25.1 Å². The van der Waals surface area contributed by atoms with E-state index in [1.54, 1.807) is 12.2 Å². The Kier molecular flexibility index (Phi) is 3.49. The van der Waals surface area contributed by atoms with Gasteiger partial charge in [0, 0.05) is 5.92 Å². The quantitative estimate of drug-likeness (QED) is 0.623. The highest BCUT2D eigenvalue weighted by molar-refractivity contribution is 6.17. The third-order valence-corrected chi connectivity index (χ3v) is 5.85. The van der Waals surface area contributed by atoms with Crippen molar-refractivity contribution in [3.05, 3.63) is 48.3 Å². The summed E-state index contributed by atoms with van der Waals surface area (Å²) in [5.41, 5.74) is 0.173. The van der Waals surface area contributed by atoms with Crippen molar-refractivity contribution >= 4 is 11.6 Å². The van der Waals surface area contributed by atoms with Gasteiger partial charge in [-0.3, -0.25) is 9.59 Å². The SMILES string of the molecule is C=CC[C@@]12C=C(OC)C(=O)[C@@H](C1=O)[C@H](c1ccc3c(c1)OCO3)[C@@H]2C. The molecule has 0 radical (unpaired) electrons. The molecule has 5 nitrogen and oxygen atoms in total. The normalized spacial score (nSPS) is 32.6. The van der Waals surface area contributed by atoms with Crippen LogP contribution in [0.25, 0.3) is 0 Å². The van der Waals surface area contributed by atoms with E-state index in [0.717, 1.165) is 5.56 Å². The van der Waals surface area contributed by atoms with Crippen molar-refractivity contribution in [3.63, 3.8) is 0 Å². The maximum absolute atomic E-state index is 13.2. The van der Waals surface area contributed by atoms with Gasteiger partial charge in [-0.1, -0.05) is 19.1 Å². The number of allylic oxidation sites excluding steroid dienone is 3. The zero-order valence-electron chi connectivity index (χ0n) is 14.3. The van der Waals surface area contributed by atoms with E-state index in [0.29, 0.717) is 17.9 Å². The van der Waals surface area contributed by atoms with Crippen LogP contribution < -0.4 is 9.47 Å². The number of hydrogen-bond donors (Lipinski definition) is 0. The minimum absolute atomic E-state index is 0.0339. The predicted octanol–water partition coefficient (Wildman–Crippen LogP) is 3.01. The standard InChI is InChI=1S/C20H20O5/c1-4-7-20-9-15(23-3)18(21)17(19(20)22)16(11(20)2)12-5-6-13-14(8-12)25-10-24-13/h4-6,8-9,11,16-17H,1,7,10H2,2-3H3/t11-,16-,17-,20-/m0/s1. The average Bonchev–Trinajstić information content (AvgIpc) is 3.13. The maximum atomic E-state index is 13.2. The minimum Gasteiger partial charge on any atom is -0.493 e. The van der Waals surface area contributed by atoms with Crippen LogP contribution in [0.5, 0.6) is 11.5 Å². The maximum Gasteiger partial charge on any atom is 0.231 e. The van der Waals surface area contributed by atoms with Crippen molar-refractivity contribution < 1.29 is 23.8 Å². The number of fused-ring (bicyclic) bond motifs is 3. The molecule has 3 aliphatic rings. The van der Waals surface area contributed by atoms with Gasteiger partial charge >= 0.3 is 0 Å². The Morgan fingerprint density at radius 2 is 2.08 bits per heavy atom. The van der Waals surface area contributed by atoms with Crippen LogP contribution in [0, 0.1) is 17.3 Å². The highest BCUT2D eigenvalue weighted by Gasteiger charge is 2.62. The monoisotopic (exact) mass is 340 g/mol. The molecule has 1 aliphatic heterocycles. The second-order valence-corrected chi connectivity index (χ2v) is 6.88. The van der Waals surface area contributed by atoms with Crippen LogP contribution in [0.2, 0.25) is 0 Å². The number of benzene rings is 1. The molecule has 0 unspecified atom stereocenters. The molecule has 1 aromatic carbocycles. The first-order chi connectivity index (χ1) is 12.0. The lowest BCUT2D eigenvalue weighted by molar-refractivity contribution is -0.136. The highest BCUT2D eigenvalue weighted by Crippen LogP contribution is 2.59. The van der Waals surface area contributed by atoms with E-state index in [9.17, 15) is 9.59 Å². The molecule has 0 aromatic heterocycles. The van der Waals surface area contributed by atoms with Crippen molar-refractivity contribution in [2.75, 3.05) is 13.9 Å². The first-order valence-corrected chi connectivity index (χ1v) is 8.39. The Bertz CT molecular complexity index is 808. The van der Waals surface area contributed by atoms with E-state index in [4.69, 9.17) is 14.2 Å². The second-order valence-electron chi connectivity index (χ2n) is 6.88. The Morgan fingerprint density at radius 3 is 2.80 bits per heavy atom. The molecule has 2 aliphatic carbocycles. The van der Waals surface area contributed by atoms with Crippen LogP contribution in [-0.2, 0) is 14.3 Å². The van der Waals surface area contributed by atoms with E-state index in [1.165, 1.54) is 7.11 Å². The predicted molar refractivity (Wildman–Crippen MR) is 90.3 cm³/mol. The largest absolute Gasteiger partial charge is 0.493 e. The fraction of sp³-hybridized carbons (Fsp3) is 0.400. The van der Waals surface area contributed by atoms with Gasteiger partial charge in [0.25, 0.3) is 0 Å². The lowest BCUT2D eigenvalue weighted by Crippen LogP contribution is -2.38. The molecule has 1 aromatic rings. The molecule has 1 fully saturated rings. The van der Waals surface area contributed by atoms with Gasteiger partial charge in [0.2, 0.25) is 12.6 Å². The van der Waals surface area contributed by atoms with Gasteiger partial charge in [0.05, 0.1) is 18.4 Å². The van der Waals surface area contributed by atoms with E-state index < -0.39 is 11.3 Å². The number of carbonyl (C=O) groups is 2. The van der Waals surface area contributed by atoms with E-state index in [2.05, 4.69) is 6.58 Å². The van der Waals surface area contributed by atoms with Crippen molar-refractivity contribution in [1.29, 1.82) is 0 Å². The van der Waals surface area contributed by atoms with Crippen molar-refractivity contribution in [3.8, 4) is 11.5 Å². The Morgan fingerprint density at radius 1 is 1.32 bits per heavy atom. The van der Waals surface area contributed by atoms with E-state index >= 15 is 0 Å². The minimum atomic E-state index is -0.743. The number of ketones is 2. The van der Waals surface area contributed by atoms with Crippen molar-refractivity contribution in [2.45, 2.75) is 19.3 Å². The van der Waals surface area contributed by atoms with Gasteiger partial charge in [0.1, 0.15) is 0 Å². The highest BCUT2D eigenvalue weighted by atomic mass is 16.7. The molecular weight excluding hydrogens is 320 g/mol. The van der Waals surface area contributed by atoms with Crippen molar-refractivity contribution in [2.24, 2.45) is 17.3 Å². The number of Topliss-reactive ketones (excluding diaryl/α,β-unsaturated/α-hetero) is 2. The number of ether oxygens (including phenoxy) is 3. The molecule has 25 heavy (non-hydrogen) atoms. The van der Waals surface area contributed by atoms with Crippen molar-refractivity contribution in [1.82, 2.24) is 0 Å². The fourth-order valence-corrected chi connectivity index (χ4v) is 4.57. The lowest BCUT2D eigenvalue weighted by Gasteiger charge is -2.31. The first kappa shape index (κ1) is 15.9. The number of rotatable bonds is 4. The second kappa shape index (κ2) is 5.48. The molecule has 1 heterocycles. The van der Waals surface area contributed by atoms with Crippen LogP contribution in [0.15, 0.2) is 42.7 Å². The molecular formula is C20H20O5. The van der Waals surface area contributed by atoms with Crippen LogP contribution in [0.3, 0.4) is 0 Å². The molecule has 0 amide bonds. The molecule has 0 spiro atoms. The van der Waals surface area contributed by atoms with Gasteiger partial charge in [0.15, 0.2) is 23.0 Å². The lowest BCUT2D eigenvalue weighted by atomic mass is 9.71. The summed E-state index contributed by atoms with van der Waals surface area (Å²) < 4.78 is 16.1. The molecule has 2 bridgehead atoms. The van der Waals surface area contributed by atoms with Gasteiger partial charge in [-0.2, -0.15) is 0 Å². The zero-order chi connectivity index (χ0) is 17.8. The Hall–Kier alpha value is -2.56. The van der Waals surface area contributed by atoms with E-state index in [-0.39, 0.29) is 36.0 Å². The summed E-state index contributed by atoms with van der Waals surface area (Å²) in [6, 6.07) is 5.65. The summed E-state index contributed by atoms with van der Waals surface area (Å²) in [4.78, 5) is 26.0. The number of methoxy groups -OCH3 is 1. The molecule has 1 saturated carbocycles. The van der Waals surface area contributed by atoms with Gasteiger partial charge < -0.3 is 14.2 Å². The van der Waals surface area contributed by atoms with Crippen LogP contribution >= 0.6 is 0 Å². The van der Waals surface area contributed by atoms with Crippen LogP contribution in [0.1, 0.15) is 24.8 Å². The van der Waals surface area contributed by atoms with Gasteiger partial charge in [-0.25, -0.2) is 0 Å². The molecule has 0 N–H and O–H groups in total. The smallest absolute Gasteiger partial charge is 0.231 e. The average molecular weight is 340 g/mol. The molecule has 0 saturated heterocycles. The Balaban J connectivity index is 1.84. The molecule has 130 valence electrons. The first-order valence-electron chi connectivity index (χ1n) is 8.39. The van der Waals surface area contributed by atoms with Crippen LogP contribution in [-0.4, -0.2) is 25.5 Å². The van der Waals surface area contributed by atoms with Gasteiger partial charge in [-0.15, -0.1) is 6.58 Å². The molecule has 4 rings (SSSR count). The topological polar surface area (TPSA) is 61.8 Å². The number of hydrogen-bond acceptors (Lipinski definition) is 5. The summed E-state index contributed by atoms with van der Waals surface area (Å²) in [5.74, 6) is 0.345. The van der Waals surface area contributed by atoms with Gasteiger partial charge in [-0.05, 0) is 36.1 Å². The Labute approximate surface area is 146 Å². The van der Waals surface area contributed by atoms with Crippen LogP contribution in [0.4, 0.5) is 0 Å². The summed E-state index contributed by atoms with van der Waals surface area (Å²) in [6.45, 7) is 6.02. The summed E-state index contributed by atoms with van der Waals surface area (Å²) >= 11 is 0. The summed E-state index contributed by atoms with van der Waals surface area (Å²) in [5, 5.41) is 0. The summed E-state index contributed by atoms with van der Waals surface area (Å²) in [7, 11) is 1.47. The molecule has 5 heteroatoms.